The summed E-state index contributed by atoms with van der Waals surface area (Å²) in [5.41, 5.74) is 5.43. The van der Waals surface area contributed by atoms with Gasteiger partial charge in [-0.15, -0.1) is 0 Å². The molecule has 0 amide bonds. The molecule has 0 aromatic carbocycles. The Labute approximate surface area is 45.2 Å². The fourth-order valence-electron chi connectivity index (χ4n) is 0.351. The van der Waals surface area contributed by atoms with Crippen LogP contribution >= 0.6 is 0 Å². The van der Waals surface area contributed by atoms with Gasteiger partial charge in [0.05, 0.1) is 0 Å². The average molecular weight is 99.2 g/mol. The van der Waals surface area contributed by atoms with Gasteiger partial charge in [0.2, 0.25) is 0 Å². The van der Waals surface area contributed by atoms with Gasteiger partial charge >= 0.3 is 0 Å². The lowest BCUT2D eigenvalue weighted by Crippen LogP contribution is -2.12. The molecule has 1 nitrogen and oxygen atoms in total. The van der Waals surface area contributed by atoms with Gasteiger partial charge in [0, 0.05) is 6.04 Å². The minimum absolute atomic E-state index is 0.316. The number of nitrogens with two attached hydrogens (primary N) is 1. The third-order valence-electron chi connectivity index (χ3n) is 0.744. The summed E-state index contributed by atoms with van der Waals surface area (Å²) in [6.07, 6.45) is 5.09. The lowest BCUT2D eigenvalue weighted by Gasteiger charge is -1.94. The highest BCUT2D eigenvalue weighted by atomic mass is 14.6. The Morgan fingerprint density at radius 2 is 2.29 bits per heavy atom. The average Bonchev–Trinajstić information content (AvgIpc) is 1.61. The molecule has 7 heavy (non-hydrogen) atoms. The van der Waals surface area contributed by atoms with E-state index < -0.39 is 0 Å². The molecule has 0 fully saturated rings. The van der Waals surface area contributed by atoms with Gasteiger partial charge in [0.15, 0.2) is 0 Å². The summed E-state index contributed by atoms with van der Waals surface area (Å²) in [6, 6.07) is 0.316. The predicted octanol–water partition coefficient (Wildman–Crippen LogP) is 1.30. The van der Waals surface area contributed by atoms with Crippen LogP contribution in [0.3, 0.4) is 0 Å². The summed E-state index contributed by atoms with van der Waals surface area (Å²) in [5.74, 6) is 0. The molecule has 0 aromatic heterocycles. The van der Waals surface area contributed by atoms with E-state index in [9.17, 15) is 0 Å². The first-order valence-corrected chi connectivity index (χ1v) is 2.64. The fourth-order valence-corrected chi connectivity index (χ4v) is 0.351. The van der Waals surface area contributed by atoms with Crippen LogP contribution in [0, 0.1) is 0 Å². The highest BCUT2D eigenvalue weighted by Gasteiger charge is 1.83. The van der Waals surface area contributed by atoms with Crippen LogP contribution < -0.4 is 5.73 Å². The van der Waals surface area contributed by atoms with Crippen molar-refractivity contribution in [2.24, 2.45) is 5.73 Å². The molecule has 0 aliphatic rings. The Morgan fingerprint density at radius 1 is 1.71 bits per heavy atom. The topological polar surface area (TPSA) is 26.0 Å². The Morgan fingerprint density at radius 3 is 2.43 bits per heavy atom. The standard InChI is InChI=1S/C6H13N/c1-3-4-5-6(2)7/h3-4,6H,5,7H2,1-2H3/b4-3-/t6-/m1/s1. The minimum atomic E-state index is 0.316. The zero-order valence-corrected chi connectivity index (χ0v) is 5.02. The van der Waals surface area contributed by atoms with Crippen molar-refractivity contribution in [2.75, 3.05) is 0 Å². The zero-order valence-electron chi connectivity index (χ0n) is 5.02. The molecule has 42 valence electrons. The van der Waals surface area contributed by atoms with Crippen LogP contribution in [-0.2, 0) is 0 Å². The van der Waals surface area contributed by atoms with Crippen LogP contribution in [-0.4, -0.2) is 6.04 Å². The number of hydrogen-bond donors (Lipinski definition) is 1. The second kappa shape index (κ2) is 3.88. The van der Waals surface area contributed by atoms with E-state index in [1.807, 2.05) is 19.9 Å². The molecule has 0 saturated heterocycles. The molecule has 0 rings (SSSR count). The highest BCUT2D eigenvalue weighted by molar-refractivity contribution is 4.79. The van der Waals surface area contributed by atoms with Gasteiger partial charge in [-0.1, -0.05) is 12.2 Å². The predicted molar refractivity (Wildman–Crippen MR) is 33.1 cm³/mol. The molecule has 2 N–H and O–H groups in total. The first kappa shape index (κ1) is 6.70. The zero-order chi connectivity index (χ0) is 5.70. The van der Waals surface area contributed by atoms with Crippen LogP contribution in [0.5, 0.6) is 0 Å². The van der Waals surface area contributed by atoms with Crippen molar-refractivity contribution >= 4 is 0 Å². The molecule has 0 spiro atoms. The molecule has 0 unspecified atom stereocenters. The van der Waals surface area contributed by atoms with Crippen LogP contribution in [0.25, 0.3) is 0 Å². The Balaban J connectivity index is 2.97. The molecule has 1 heteroatoms. The van der Waals surface area contributed by atoms with E-state index in [1.165, 1.54) is 0 Å². The minimum Gasteiger partial charge on any atom is -0.328 e. The van der Waals surface area contributed by atoms with Crippen molar-refractivity contribution in [1.82, 2.24) is 0 Å². The van der Waals surface area contributed by atoms with Gasteiger partial charge in [-0.05, 0) is 20.3 Å². The maximum Gasteiger partial charge on any atom is 0.00449 e. The molecule has 0 aliphatic carbocycles. The lowest BCUT2D eigenvalue weighted by molar-refractivity contribution is 0.756. The molecule has 0 radical (unpaired) electrons. The first-order chi connectivity index (χ1) is 3.27. The van der Waals surface area contributed by atoms with E-state index in [4.69, 9.17) is 5.73 Å². The van der Waals surface area contributed by atoms with Crippen molar-refractivity contribution in [1.29, 1.82) is 0 Å². The summed E-state index contributed by atoms with van der Waals surface area (Å²) in [4.78, 5) is 0. The molecular formula is C6H13N. The highest BCUT2D eigenvalue weighted by Crippen LogP contribution is 1.85. The van der Waals surface area contributed by atoms with Crippen molar-refractivity contribution in [3.05, 3.63) is 12.2 Å². The largest absolute Gasteiger partial charge is 0.328 e. The van der Waals surface area contributed by atoms with Gasteiger partial charge in [-0.2, -0.15) is 0 Å². The third kappa shape index (κ3) is 5.70. The Bertz CT molecular complexity index is 55.2. The second-order valence-corrected chi connectivity index (χ2v) is 1.78. The summed E-state index contributed by atoms with van der Waals surface area (Å²) in [7, 11) is 0. The van der Waals surface area contributed by atoms with Gasteiger partial charge in [0.25, 0.3) is 0 Å². The van der Waals surface area contributed by atoms with Crippen molar-refractivity contribution in [3.63, 3.8) is 0 Å². The summed E-state index contributed by atoms with van der Waals surface area (Å²) >= 11 is 0. The SMILES string of the molecule is C/C=C\C[C@@H](C)N. The van der Waals surface area contributed by atoms with Gasteiger partial charge in [-0.3, -0.25) is 0 Å². The van der Waals surface area contributed by atoms with E-state index in [2.05, 4.69) is 6.08 Å². The third-order valence-corrected chi connectivity index (χ3v) is 0.744. The monoisotopic (exact) mass is 99.1 g/mol. The molecule has 0 bridgehead atoms. The molecular weight excluding hydrogens is 86.1 g/mol. The Hall–Kier alpha value is -0.300. The normalized spacial score (nSPS) is 15.3. The van der Waals surface area contributed by atoms with Crippen LogP contribution in [0.15, 0.2) is 12.2 Å². The second-order valence-electron chi connectivity index (χ2n) is 1.78. The summed E-state index contributed by atoms with van der Waals surface area (Å²) in [6.45, 7) is 4.00. The Kier molecular flexibility index (Phi) is 3.71. The first-order valence-electron chi connectivity index (χ1n) is 2.64. The van der Waals surface area contributed by atoms with Gasteiger partial charge in [-0.25, -0.2) is 0 Å². The quantitative estimate of drug-likeness (QED) is 0.519. The fraction of sp³-hybridized carbons (Fsp3) is 0.667. The lowest BCUT2D eigenvalue weighted by atomic mass is 10.2. The van der Waals surface area contributed by atoms with E-state index in [0.29, 0.717) is 6.04 Å². The molecule has 0 aliphatic heterocycles. The molecule has 1 atom stereocenters. The van der Waals surface area contributed by atoms with Crippen molar-refractivity contribution < 1.29 is 0 Å². The van der Waals surface area contributed by atoms with Crippen molar-refractivity contribution in [3.8, 4) is 0 Å². The van der Waals surface area contributed by atoms with Crippen LogP contribution in [0.1, 0.15) is 20.3 Å². The maximum absolute atomic E-state index is 5.43. The van der Waals surface area contributed by atoms with E-state index in [1.54, 1.807) is 0 Å². The van der Waals surface area contributed by atoms with E-state index >= 15 is 0 Å². The molecule has 0 heterocycles. The van der Waals surface area contributed by atoms with Crippen LogP contribution in [0.2, 0.25) is 0 Å². The summed E-state index contributed by atoms with van der Waals surface area (Å²) < 4.78 is 0. The van der Waals surface area contributed by atoms with Crippen LogP contribution in [0.4, 0.5) is 0 Å². The molecule has 0 saturated carbocycles. The number of allylic oxidation sites excluding steroid dienone is 1. The number of rotatable bonds is 2. The van der Waals surface area contributed by atoms with E-state index in [0.717, 1.165) is 6.42 Å². The summed E-state index contributed by atoms with van der Waals surface area (Å²) in [5, 5.41) is 0. The van der Waals surface area contributed by atoms with E-state index in [-0.39, 0.29) is 0 Å². The van der Waals surface area contributed by atoms with Gasteiger partial charge < -0.3 is 5.73 Å². The smallest absolute Gasteiger partial charge is 0.00449 e. The van der Waals surface area contributed by atoms with Gasteiger partial charge in [0.1, 0.15) is 0 Å². The molecule has 0 aromatic rings. The van der Waals surface area contributed by atoms with Crippen molar-refractivity contribution in [2.45, 2.75) is 26.3 Å². The maximum atomic E-state index is 5.43. The number of hydrogen-bond acceptors (Lipinski definition) is 1.